The van der Waals surface area contributed by atoms with Gasteiger partial charge in [-0.1, -0.05) is 48.5 Å². The number of rotatable bonds is 9. The first-order valence-electron chi connectivity index (χ1n) is 11.9. The van der Waals surface area contributed by atoms with Crippen LogP contribution in [0.15, 0.2) is 78.9 Å². The van der Waals surface area contributed by atoms with Crippen LogP contribution in [0.4, 0.5) is 10.1 Å². The van der Waals surface area contributed by atoms with Crippen molar-refractivity contribution in [3.05, 3.63) is 95.8 Å². The van der Waals surface area contributed by atoms with E-state index in [0.717, 1.165) is 28.6 Å². The van der Waals surface area contributed by atoms with Crippen LogP contribution in [0, 0.1) is 12.7 Å². The van der Waals surface area contributed by atoms with Crippen LogP contribution in [0.3, 0.4) is 0 Å². The van der Waals surface area contributed by atoms with Gasteiger partial charge in [0.25, 0.3) is 0 Å². The van der Waals surface area contributed by atoms with Crippen LogP contribution in [-0.4, -0.2) is 35.9 Å². The molecule has 0 fully saturated rings. The van der Waals surface area contributed by atoms with Gasteiger partial charge in [0.1, 0.15) is 12.4 Å². The number of hydrogen-bond donors (Lipinski definition) is 0. The second-order valence-electron chi connectivity index (χ2n) is 9.10. The molecular formula is C30H30FNO5S. The van der Waals surface area contributed by atoms with Crippen molar-refractivity contribution in [3.63, 3.8) is 0 Å². The first kappa shape index (κ1) is 27.0. The standard InChI is InChI=1S/C30H30FNO5S/c1-20-25(22-11-14-24(15-12-22)32(2)3)18-28(35-4)29(30(20)37-38(5,33)34)23-13-16-27(26(31)17-23)36-19-21-9-7-6-8-10-21/h6-18H,19H2,1-5H3. The van der Waals surface area contributed by atoms with E-state index >= 15 is 4.39 Å². The van der Waals surface area contributed by atoms with E-state index in [2.05, 4.69) is 0 Å². The van der Waals surface area contributed by atoms with Crippen LogP contribution in [0.2, 0.25) is 0 Å². The summed E-state index contributed by atoms with van der Waals surface area (Å²) in [5.41, 5.74) is 4.82. The summed E-state index contributed by atoms with van der Waals surface area (Å²) in [6, 6.07) is 23.5. The van der Waals surface area contributed by atoms with Crippen LogP contribution < -0.4 is 18.6 Å². The lowest BCUT2D eigenvalue weighted by molar-refractivity contribution is 0.290. The van der Waals surface area contributed by atoms with Gasteiger partial charge in [0.2, 0.25) is 0 Å². The molecule has 198 valence electrons. The molecule has 0 aliphatic heterocycles. The molecule has 0 aliphatic rings. The molecule has 38 heavy (non-hydrogen) atoms. The summed E-state index contributed by atoms with van der Waals surface area (Å²) in [5.74, 6) is -0.0857. The summed E-state index contributed by atoms with van der Waals surface area (Å²) in [6.07, 6.45) is 0.975. The van der Waals surface area contributed by atoms with Crippen molar-refractivity contribution in [1.29, 1.82) is 0 Å². The Bertz CT molecular complexity index is 1540. The molecule has 8 heteroatoms. The van der Waals surface area contributed by atoms with Gasteiger partial charge in [0, 0.05) is 25.3 Å². The summed E-state index contributed by atoms with van der Waals surface area (Å²) < 4.78 is 56.6. The average molecular weight is 536 g/mol. The van der Waals surface area contributed by atoms with E-state index in [9.17, 15) is 8.42 Å². The molecule has 0 saturated heterocycles. The van der Waals surface area contributed by atoms with Gasteiger partial charge in [0.15, 0.2) is 17.3 Å². The van der Waals surface area contributed by atoms with E-state index in [1.807, 2.05) is 79.7 Å². The average Bonchev–Trinajstić information content (AvgIpc) is 2.89. The number of anilines is 1. The minimum Gasteiger partial charge on any atom is -0.496 e. The Kier molecular flexibility index (Phi) is 7.92. The zero-order valence-electron chi connectivity index (χ0n) is 22.0. The first-order chi connectivity index (χ1) is 18.1. The van der Waals surface area contributed by atoms with Crippen LogP contribution in [-0.2, 0) is 16.7 Å². The van der Waals surface area contributed by atoms with E-state index in [0.29, 0.717) is 22.4 Å². The topological polar surface area (TPSA) is 65.1 Å². The van der Waals surface area contributed by atoms with Crippen LogP contribution >= 0.6 is 0 Å². The van der Waals surface area contributed by atoms with Crippen molar-refractivity contribution in [2.45, 2.75) is 13.5 Å². The quantitative estimate of drug-likeness (QED) is 0.229. The lowest BCUT2D eigenvalue weighted by atomic mass is 9.93. The molecule has 0 unspecified atom stereocenters. The van der Waals surface area contributed by atoms with Gasteiger partial charge < -0.3 is 18.6 Å². The molecule has 0 aliphatic carbocycles. The van der Waals surface area contributed by atoms with Crippen molar-refractivity contribution in [3.8, 4) is 39.5 Å². The molecule has 0 saturated carbocycles. The third-order valence-corrected chi connectivity index (χ3v) is 6.57. The maximum Gasteiger partial charge on any atom is 0.306 e. The molecule has 4 rings (SSSR count). The van der Waals surface area contributed by atoms with Gasteiger partial charge in [-0.05, 0) is 59.5 Å². The van der Waals surface area contributed by atoms with Crippen LogP contribution in [0.1, 0.15) is 11.1 Å². The van der Waals surface area contributed by atoms with Gasteiger partial charge in [-0.3, -0.25) is 0 Å². The Morgan fingerprint density at radius 2 is 1.53 bits per heavy atom. The Labute approximate surface area is 223 Å². The van der Waals surface area contributed by atoms with Crippen molar-refractivity contribution in [2.75, 3.05) is 32.4 Å². The van der Waals surface area contributed by atoms with E-state index in [-0.39, 0.29) is 18.1 Å². The highest BCUT2D eigenvalue weighted by Gasteiger charge is 2.24. The van der Waals surface area contributed by atoms with Gasteiger partial charge >= 0.3 is 10.1 Å². The molecule has 0 aromatic heterocycles. The molecule has 4 aromatic rings. The molecule has 0 radical (unpaired) electrons. The first-order valence-corrected chi connectivity index (χ1v) is 13.7. The largest absolute Gasteiger partial charge is 0.496 e. The molecule has 4 aromatic carbocycles. The molecular weight excluding hydrogens is 505 g/mol. The van der Waals surface area contributed by atoms with Gasteiger partial charge in [-0.2, -0.15) is 8.42 Å². The maximum atomic E-state index is 15.2. The highest BCUT2D eigenvalue weighted by Crippen LogP contribution is 2.46. The molecule has 0 N–H and O–H groups in total. The predicted octanol–water partition coefficient (Wildman–Crippen LogP) is 6.46. The Balaban J connectivity index is 1.80. The van der Waals surface area contributed by atoms with Crippen molar-refractivity contribution in [2.24, 2.45) is 0 Å². The fourth-order valence-electron chi connectivity index (χ4n) is 4.17. The molecule has 0 bridgehead atoms. The van der Waals surface area contributed by atoms with Crippen molar-refractivity contribution >= 4 is 15.8 Å². The number of benzene rings is 4. The number of ether oxygens (including phenoxy) is 2. The van der Waals surface area contributed by atoms with E-state index in [1.54, 1.807) is 13.0 Å². The summed E-state index contributed by atoms with van der Waals surface area (Å²) in [5, 5.41) is 0. The normalized spacial score (nSPS) is 11.2. The second kappa shape index (κ2) is 11.1. The number of methoxy groups -OCH3 is 1. The number of nitrogens with zero attached hydrogens (tertiary/aromatic N) is 1. The van der Waals surface area contributed by atoms with E-state index in [4.69, 9.17) is 13.7 Å². The second-order valence-corrected chi connectivity index (χ2v) is 10.7. The minimum atomic E-state index is -3.91. The SMILES string of the molecule is COc1cc(-c2ccc(N(C)C)cc2)c(C)c(OS(C)(=O)=O)c1-c1ccc(OCc2ccccc2)c(F)c1. The lowest BCUT2D eigenvalue weighted by Crippen LogP contribution is -2.10. The van der Waals surface area contributed by atoms with Crippen LogP contribution in [0.25, 0.3) is 22.3 Å². The summed E-state index contributed by atoms with van der Waals surface area (Å²) in [6.45, 7) is 1.98. The Hall–Kier alpha value is -4.04. The molecule has 0 spiro atoms. The number of halogens is 1. The van der Waals surface area contributed by atoms with Crippen molar-refractivity contribution in [1.82, 2.24) is 0 Å². The van der Waals surface area contributed by atoms with E-state index in [1.165, 1.54) is 19.2 Å². The molecule has 0 atom stereocenters. The lowest BCUT2D eigenvalue weighted by Gasteiger charge is -2.20. The van der Waals surface area contributed by atoms with Gasteiger partial charge in [-0.15, -0.1) is 0 Å². The predicted molar refractivity (Wildman–Crippen MR) is 149 cm³/mol. The molecule has 6 nitrogen and oxygen atoms in total. The minimum absolute atomic E-state index is 0.0795. The Morgan fingerprint density at radius 3 is 2.11 bits per heavy atom. The zero-order chi connectivity index (χ0) is 27.4. The number of hydrogen-bond acceptors (Lipinski definition) is 6. The smallest absolute Gasteiger partial charge is 0.306 e. The molecule has 0 amide bonds. The maximum absolute atomic E-state index is 15.2. The van der Waals surface area contributed by atoms with Gasteiger partial charge in [0.05, 0.1) is 18.9 Å². The monoisotopic (exact) mass is 535 g/mol. The summed E-state index contributed by atoms with van der Waals surface area (Å²) in [7, 11) is 1.47. The highest BCUT2D eigenvalue weighted by atomic mass is 32.2. The Morgan fingerprint density at radius 1 is 0.868 bits per heavy atom. The van der Waals surface area contributed by atoms with E-state index < -0.39 is 15.9 Å². The van der Waals surface area contributed by atoms with Crippen LogP contribution in [0.5, 0.6) is 17.2 Å². The van der Waals surface area contributed by atoms with Gasteiger partial charge in [-0.25, -0.2) is 4.39 Å². The highest BCUT2D eigenvalue weighted by molar-refractivity contribution is 7.86. The third-order valence-electron chi connectivity index (χ3n) is 6.10. The molecule has 0 heterocycles. The fraction of sp³-hybridized carbons (Fsp3) is 0.200. The summed E-state index contributed by atoms with van der Waals surface area (Å²) >= 11 is 0. The summed E-state index contributed by atoms with van der Waals surface area (Å²) in [4.78, 5) is 1.99. The van der Waals surface area contributed by atoms with Crippen molar-refractivity contribution < 1.29 is 26.5 Å². The fourth-order valence-corrected chi connectivity index (χ4v) is 4.68. The zero-order valence-corrected chi connectivity index (χ0v) is 22.8. The third kappa shape index (κ3) is 6.08.